The molecule has 0 saturated carbocycles. The Morgan fingerprint density at radius 2 is 2.17 bits per heavy atom. The van der Waals surface area contributed by atoms with E-state index in [9.17, 15) is 4.79 Å². The van der Waals surface area contributed by atoms with Gasteiger partial charge in [0.25, 0.3) is 0 Å². The Labute approximate surface area is 146 Å². The monoisotopic (exact) mass is 348 g/mol. The number of benzene rings is 1. The summed E-state index contributed by atoms with van der Waals surface area (Å²) in [5.74, 6) is 0.812. The number of rotatable bonds is 4. The molecule has 0 aliphatic carbocycles. The van der Waals surface area contributed by atoms with Gasteiger partial charge in [0.1, 0.15) is 6.33 Å². The number of nitrogens with one attached hydrogen (secondary N) is 1. The van der Waals surface area contributed by atoms with Crippen molar-refractivity contribution in [1.29, 1.82) is 0 Å². The average Bonchev–Trinajstić information content (AvgIpc) is 3.03. The standard InChI is InChI=1S/C16H21ClN6O/c1-21(2)14(12-5-3-4-6-13(12)17)9-18-16(24)22-7-8-23-11-19-20-15(23)10-22/h3-6,11,14H,7-10H2,1-2H3,(H,18,24). The van der Waals surface area contributed by atoms with Gasteiger partial charge in [-0.2, -0.15) is 0 Å². The highest BCUT2D eigenvalue weighted by molar-refractivity contribution is 6.31. The molecule has 3 rings (SSSR count). The summed E-state index contributed by atoms with van der Waals surface area (Å²) in [5, 5.41) is 11.6. The molecule has 2 aromatic rings. The van der Waals surface area contributed by atoms with Gasteiger partial charge in [-0.1, -0.05) is 29.8 Å². The van der Waals surface area contributed by atoms with Gasteiger partial charge < -0.3 is 19.7 Å². The van der Waals surface area contributed by atoms with E-state index in [0.717, 1.165) is 17.9 Å². The van der Waals surface area contributed by atoms with E-state index in [4.69, 9.17) is 11.6 Å². The highest BCUT2D eigenvalue weighted by Crippen LogP contribution is 2.25. The van der Waals surface area contributed by atoms with E-state index in [1.165, 1.54) is 0 Å². The van der Waals surface area contributed by atoms with Crippen molar-refractivity contribution in [3.05, 3.63) is 47.0 Å². The molecule has 1 aromatic heterocycles. The summed E-state index contributed by atoms with van der Waals surface area (Å²) in [7, 11) is 3.95. The maximum atomic E-state index is 12.5. The van der Waals surface area contributed by atoms with Crippen LogP contribution in [-0.2, 0) is 13.1 Å². The maximum absolute atomic E-state index is 12.5. The topological polar surface area (TPSA) is 66.3 Å². The van der Waals surface area contributed by atoms with Gasteiger partial charge >= 0.3 is 6.03 Å². The lowest BCUT2D eigenvalue weighted by atomic mass is 10.1. The van der Waals surface area contributed by atoms with Crippen molar-refractivity contribution in [3.63, 3.8) is 0 Å². The Morgan fingerprint density at radius 1 is 1.38 bits per heavy atom. The third-order valence-corrected chi connectivity index (χ3v) is 4.60. The number of urea groups is 1. The van der Waals surface area contributed by atoms with Crippen molar-refractivity contribution in [1.82, 2.24) is 29.9 Å². The van der Waals surface area contributed by atoms with Crippen molar-refractivity contribution in [3.8, 4) is 0 Å². The van der Waals surface area contributed by atoms with Crippen molar-refractivity contribution in [2.45, 2.75) is 19.1 Å². The molecule has 0 spiro atoms. The highest BCUT2D eigenvalue weighted by Gasteiger charge is 2.23. The highest BCUT2D eigenvalue weighted by atomic mass is 35.5. The SMILES string of the molecule is CN(C)C(CNC(=O)N1CCn2cnnc2C1)c1ccccc1Cl. The first kappa shape index (κ1) is 16.7. The quantitative estimate of drug-likeness (QED) is 0.914. The first-order chi connectivity index (χ1) is 11.6. The first-order valence-electron chi connectivity index (χ1n) is 7.86. The number of likely N-dealkylation sites (N-methyl/N-ethyl adjacent to an activating group) is 1. The van der Waals surface area contributed by atoms with Crippen LogP contribution in [0.4, 0.5) is 4.79 Å². The summed E-state index contributed by atoms with van der Waals surface area (Å²) >= 11 is 6.30. The molecule has 1 aliphatic rings. The number of carbonyl (C=O) groups excluding carboxylic acids is 1. The van der Waals surface area contributed by atoms with E-state index in [1.807, 2.05) is 47.8 Å². The molecule has 1 N–H and O–H groups in total. The number of hydrogen-bond acceptors (Lipinski definition) is 4. The lowest BCUT2D eigenvalue weighted by molar-refractivity contribution is 0.177. The van der Waals surface area contributed by atoms with Crippen molar-refractivity contribution >= 4 is 17.6 Å². The van der Waals surface area contributed by atoms with E-state index in [0.29, 0.717) is 24.7 Å². The van der Waals surface area contributed by atoms with Gasteiger partial charge in [0.2, 0.25) is 0 Å². The smallest absolute Gasteiger partial charge is 0.317 e. The van der Waals surface area contributed by atoms with E-state index in [2.05, 4.69) is 15.5 Å². The molecule has 1 atom stereocenters. The van der Waals surface area contributed by atoms with Crippen LogP contribution in [0.1, 0.15) is 17.4 Å². The predicted octanol–water partition coefficient (Wildman–Crippen LogP) is 1.76. The molecule has 1 unspecified atom stereocenters. The fourth-order valence-corrected chi connectivity index (χ4v) is 3.11. The summed E-state index contributed by atoms with van der Waals surface area (Å²) in [6.07, 6.45) is 1.70. The molecule has 0 bridgehead atoms. The van der Waals surface area contributed by atoms with Crippen molar-refractivity contribution in [2.75, 3.05) is 27.2 Å². The van der Waals surface area contributed by atoms with Crippen LogP contribution < -0.4 is 5.32 Å². The van der Waals surface area contributed by atoms with Crippen LogP contribution in [0.5, 0.6) is 0 Å². The van der Waals surface area contributed by atoms with Gasteiger partial charge in [0, 0.05) is 24.7 Å². The molecule has 8 heteroatoms. The Balaban J connectivity index is 1.63. The molecule has 128 valence electrons. The summed E-state index contributed by atoms with van der Waals surface area (Å²) in [5.41, 5.74) is 1.00. The molecular weight excluding hydrogens is 328 g/mol. The van der Waals surface area contributed by atoms with Crippen LogP contribution in [0.15, 0.2) is 30.6 Å². The molecule has 0 saturated heterocycles. The van der Waals surface area contributed by atoms with Gasteiger partial charge in [0.15, 0.2) is 5.82 Å². The first-order valence-corrected chi connectivity index (χ1v) is 8.24. The van der Waals surface area contributed by atoms with E-state index < -0.39 is 0 Å². The van der Waals surface area contributed by atoms with Crippen LogP contribution in [-0.4, -0.2) is 57.8 Å². The minimum absolute atomic E-state index is 0.0103. The second kappa shape index (κ2) is 7.19. The van der Waals surface area contributed by atoms with Crippen LogP contribution in [0.2, 0.25) is 5.02 Å². The van der Waals surface area contributed by atoms with Gasteiger partial charge in [-0.3, -0.25) is 0 Å². The Bertz CT molecular complexity index is 716. The predicted molar refractivity (Wildman–Crippen MR) is 91.7 cm³/mol. The lowest BCUT2D eigenvalue weighted by Gasteiger charge is -2.30. The Hall–Kier alpha value is -2.12. The van der Waals surface area contributed by atoms with Gasteiger partial charge in [-0.15, -0.1) is 10.2 Å². The summed E-state index contributed by atoms with van der Waals surface area (Å²) in [6.45, 7) is 2.33. The summed E-state index contributed by atoms with van der Waals surface area (Å²) < 4.78 is 1.97. The number of halogens is 1. The van der Waals surface area contributed by atoms with E-state index >= 15 is 0 Å². The molecule has 24 heavy (non-hydrogen) atoms. The van der Waals surface area contributed by atoms with Gasteiger partial charge in [-0.05, 0) is 25.7 Å². The number of amides is 2. The molecule has 1 aliphatic heterocycles. The van der Waals surface area contributed by atoms with Crippen LogP contribution >= 0.6 is 11.6 Å². The molecule has 2 heterocycles. The molecule has 2 amide bonds. The normalized spacial score (nSPS) is 15.2. The number of nitrogens with zero attached hydrogens (tertiary/aromatic N) is 5. The Morgan fingerprint density at radius 3 is 2.92 bits per heavy atom. The fraction of sp³-hybridized carbons (Fsp3) is 0.438. The summed E-state index contributed by atoms with van der Waals surface area (Å²) in [6, 6.07) is 7.63. The maximum Gasteiger partial charge on any atom is 0.317 e. The zero-order valence-corrected chi connectivity index (χ0v) is 14.6. The molecular formula is C16H21ClN6O. The summed E-state index contributed by atoms with van der Waals surface area (Å²) in [4.78, 5) is 16.3. The van der Waals surface area contributed by atoms with E-state index in [-0.39, 0.29) is 12.1 Å². The number of carbonyl (C=O) groups is 1. The van der Waals surface area contributed by atoms with E-state index in [1.54, 1.807) is 11.2 Å². The molecule has 0 fully saturated rings. The van der Waals surface area contributed by atoms with Crippen molar-refractivity contribution in [2.24, 2.45) is 0 Å². The minimum Gasteiger partial charge on any atom is -0.336 e. The second-order valence-corrected chi connectivity index (χ2v) is 6.46. The Kier molecular flexibility index (Phi) is 5.01. The van der Waals surface area contributed by atoms with Crippen LogP contribution in [0.25, 0.3) is 0 Å². The number of hydrogen-bond donors (Lipinski definition) is 1. The number of aromatic nitrogens is 3. The third kappa shape index (κ3) is 3.52. The van der Waals surface area contributed by atoms with Gasteiger partial charge in [-0.25, -0.2) is 4.79 Å². The zero-order chi connectivity index (χ0) is 17.1. The van der Waals surface area contributed by atoms with Gasteiger partial charge in [0.05, 0.1) is 12.6 Å². The molecule has 7 nitrogen and oxygen atoms in total. The molecule has 0 radical (unpaired) electrons. The van der Waals surface area contributed by atoms with Crippen molar-refractivity contribution < 1.29 is 4.79 Å². The number of fused-ring (bicyclic) bond motifs is 1. The fourth-order valence-electron chi connectivity index (χ4n) is 2.85. The second-order valence-electron chi connectivity index (χ2n) is 6.05. The van der Waals surface area contributed by atoms with Crippen LogP contribution in [0, 0.1) is 0 Å². The third-order valence-electron chi connectivity index (χ3n) is 4.26. The largest absolute Gasteiger partial charge is 0.336 e. The lowest BCUT2D eigenvalue weighted by Crippen LogP contribution is -2.46. The zero-order valence-electron chi connectivity index (χ0n) is 13.8. The average molecular weight is 349 g/mol. The van der Waals surface area contributed by atoms with Crippen LogP contribution in [0.3, 0.4) is 0 Å². The minimum atomic E-state index is -0.0943. The molecule has 1 aromatic carbocycles.